The Hall–Kier alpha value is -1.18. The van der Waals surface area contributed by atoms with Gasteiger partial charge < -0.3 is 10.5 Å². The van der Waals surface area contributed by atoms with E-state index in [0.29, 0.717) is 13.0 Å². The highest BCUT2D eigenvalue weighted by atomic mass is 32.2. The van der Waals surface area contributed by atoms with E-state index in [-0.39, 0.29) is 28.1 Å². The molecule has 21 heavy (non-hydrogen) atoms. The Labute approximate surface area is 124 Å². The van der Waals surface area contributed by atoms with Crippen LogP contribution < -0.4 is 10.5 Å². The molecule has 1 aliphatic carbocycles. The van der Waals surface area contributed by atoms with E-state index in [9.17, 15) is 12.8 Å². The second kappa shape index (κ2) is 5.55. The molecule has 7 heteroatoms. The molecular weight excluding hydrogens is 295 g/mol. The molecule has 5 nitrogen and oxygen atoms in total. The molecule has 118 valence electrons. The van der Waals surface area contributed by atoms with Crippen LogP contribution >= 0.6 is 0 Å². The van der Waals surface area contributed by atoms with Crippen LogP contribution in [0.5, 0.6) is 0 Å². The van der Waals surface area contributed by atoms with Crippen molar-refractivity contribution in [3.05, 3.63) is 24.0 Å². The van der Waals surface area contributed by atoms with Gasteiger partial charge in [0.1, 0.15) is 10.7 Å². The van der Waals surface area contributed by atoms with Gasteiger partial charge in [0, 0.05) is 18.1 Å². The first-order chi connectivity index (χ1) is 9.68. The SMILES string of the molecule is CCOC1CC(NS(=O)(=O)c2ccc(F)cc2N)C1(C)C. The first-order valence-electron chi connectivity index (χ1n) is 6.87. The van der Waals surface area contributed by atoms with Gasteiger partial charge in [0.15, 0.2) is 0 Å². The monoisotopic (exact) mass is 316 g/mol. The Morgan fingerprint density at radius 2 is 2.14 bits per heavy atom. The number of nitrogens with one attached hydrogen (secondary N) is 1. The molecule has 1 saturated carbocycles. The number of halogens is 1. The van der Waals surface area contributed by atoms with Crippen molar-refractivity contribution in [1.29, 1.82) is 0 Å². The largest absolute Gasteiger partial charge is 0.398 e. The number of benzene rings is 1. The summed E-state index contributed by atoms with van der Waals surface area (Å²) in [5, 5.41) is 0. The van der Waals surface area contributed by atoms with Crippen LogP contribution in [0.2, 0.25) is 0 Å². The van der Waals surface area contributed by atoms with Crippen molar-refractivity contribution in [2.75, 3.05) is 12.3 Å². The molecule has 0 amide bonds. The fourth-order valence-corrected chi connectivity index (χ4v) is 4.10. The lowest BCUT2D eigenvalue weighted by Gasteiger charge is -2.51. The lowest BCUT2D eigenvalue weighted by Crippen LogP contribution is -2.61. The predicted molar refractivity (Wildman–Crippen MR) is 78.7 cm³/mol. The number of rotatable bonds is 5. The highest BCUT2D eigenvalue weighted by molar-refractivity contribution is 7.89. The van der Waals surface area contributed by atoms with E-state index in [0.717, 1.165) is 12.1 Å². The van der Waals surface area contributed by atoms with Gasteiger partial charge in [-0.15, -0.1) is 0 Å². The Balaban J connectivity index is 2.16. The van der Waals surface area contributed by atoms with Gasteiger partial charge in [-0.3, -0.25) is 0 Å². The number of anilines is 1. The summed E-state index contributed by atoms with van der Waals surface area (Å²) in [7, 11) is -3.77. The van der Waals surface area contributed by atoms with Crippen LogP contribution in [0.1, 0.15) is 27.2 Å². The molecule has 3 N–H and O–H groups in total. The molecule has 0 aromatic heterocycles. The molecule has 0 aliphatic heterocycles. The van der Waals surface area contributed by atoms with Crippen molar-refractivity contribution in [2.24, 2.45) is 5.41 Å². The molecular formula is C14H21FN2O3S. The molecule has 0 heterocycles. The Bertz CT molecular complexity index is 631. The standard InChI is InChI=1S/C14H21FN2O3S/c1-4-20-13-8-12(14(13,2)3)17-21(18,19)11-6-5-9(15)7-10(11)16/h5-7,12-13,17H,4,8,16H2,1-3H3. The van der Waals surface area contributed by atoms with Gasteiger partial charge in [-0.1, -0.05) is 13.8 Å². The van der Waals surface area contributed by atoms with Gasteiger partial charge in [-0.2, -0.15) is 0 Å². The highest BCUT2D eigenvalue weighted by Gasteiger charge is 2.50. The zero-order valence-electron chi connectivity index (χ0n) is 12.4. The van der Waals surface area contributed by atoms with Crippen LogP contribution in [-0.2, 0) is 14.8 Å². The molecule has 2 unspecified atom stereocenters. The summed E-state index contributed by atoms with van der Waals surface area (Å²) in [6, 6.07) is 3.03. The van der Waals surface area contributed by atoms with Gasteiger partial charge in [0.05, 0.1) is 11.8 Å². The van der Waals surface area contributed by atoms with Gasteiger partial charge >= 0.3 is 0 Å². The predicted octanol–water partition coefficient (Wildman–Crippen LogP) is 1.89. The highest BCUT2D eigenvalue weighted by Crippen LogP contribution is 2.43. The molecule has 0 bridgehead atoms. The molecule has 0 spiro atoms. The van der Waals surface area contributed by atoms with E-state index in [2.05, 4.69) is 4.72 Å². The minimum Gasteiger partial charge on any atom is -0.398 e. The Morgan fingerprint density at radius 1 is 1.48 bits per heavy atom. The third kappa shape index (κ3) is 3.04. The lowest BCUT2D eigenvalue weighted by molar-refractivity contribution is -0.108. The van der Waals surface area contributed by atoms with Crippen LogP contribution in [0.3, 0.4) is 0 Å². The van der Waals surface area contributed by atoms with E-state index in [1.165, 1.54) is 6.07 Å². The lowest BCUT2D eigenvalue weighted by atomic mass is 9.65. The molecule has 0 saturated heterocycles. The number of hydrogen-bond donors (Lipinski definition) is 2. The van der Waals surface area contributed by atoms with Crippen molar-refractivity contribution in [1.82, 2.24) is 4.72 Å². The van der Waals surface area contributed by atoms with E-state index in [1.807, 2.05) is 20.8 Å². The fraction of sp³-hybridized carbons (Fsp3) is 0.571. The third-order valence-corrected chi connectivity index (χ3v) is 5.65. The number of ether oxygens (including phenoxy) is 1. The number of nitrogen functional groups attached to an aromatic ring is 1. The zero-order chi connectivity index (χ0) is 15.8. The Morgan fingerprint density at radius 3 is 2.67 bits per heavy atom. The normalized spacial score (nSPS) is 24.6. The molecule has 0 radical (unpaired) electrons. The van der Waals surface area contributed by atoms with E-state index in [4.69, 9.17) is 10.5 Å². The van der Waals surface area contributed by atoms with Crippen molar-refractivity contribution >= 4 is 15.7 Å². The first-order valence-corrected chi connectivity index (χ1v) is 8.35. The second-order valence-electron chi connectivity index (χ2n) is 5.86. The topological polar surface area (TPSA) is 81.4 Å². The van der Waals surface area contributed by atoms with E-state index in [1.54, 1.807) is 0 Å². The van der Waals surface area contributed by atoms with Gasteiger partial charge in [-0.05, 0) is 31.5 Å². The van der Waals surface area contributed by atoms with Crippen LogP contribution in [0.15, 0.2) is 23.1 Å². The summed E-state index contributed by atoms with van der Waals surface area (Å²) in [5.41, 5.74) is 5.21. The average Bonchev–Trinajstić information content (AvgIpc) is 2.37. The summed E-state index contributed by atoms with van der Waals surface area (Å²) >= 11 is 0. The van der Waals surface area contributed by atoms with Crippen molar-refractivity contribution in [3.63, 3.8) is 0 Å². The smallest absolute Gasteiger partial charge is 0.242 e. The van der Waals surface area contributed by atoms with Crippen molar-refractivity contribution in [2.45, 2.75) is 44.2 Å². The Kier molecular flexibility index (Phi) is 4.28. The van der Waals surface area contributed by atoms with Gasteiger partial charge in [0.2, 0.25) is 10.0 Å². The van der Waals surface area contributed by atoms with Crippen LogP contribution in [0.25, 0.3) is 0 Å². The van der Waals surface area contributed by atoms with E-state index < -0.39 is 15.8 Å². The molecule has 1 fully saturated rings. The van der Waals surface area contributed by atoms with Crippen molar-refractivity contribution < 1.29 is 17.5 Å². The average molecular weight is 316 g/mol. The van der Waals surface area contributed by atoms with Crippen LogP contribution in [0, 0.1) is 11.2 Å². The summed E-state index contributed by atoms with van der Waals surface area (Å²) in [6.07, 6.45) is 0.641. The van der Waals surface area contributed by atoms with Crippen molar-refractivity contribution in [3.8, 4) is 0 Å². The van der Waals surface area contributed by atoms with Gasteiger partial charge in [-0.25, -0.2) is 17.5 Å². The fourth-order valence-electron chi connectivity index (χ4n) is 2.58. The minimum absolute atomic E-state index is 0.0285. The maximum Gasteiger partial charge on any atom is 0.242 e. The summed E-state index contributed by atoms with van der Waals surface area (Å²) in [6.45, 7) is 6.42. The number of nitrogens with two attached hydrogens (primary N) is 1. The summed E-state index contributed by atoms with van der Waals surface area (Å²) in [5.74, 6) is -0.563. The number of hydrogen-bond acceptors (Lipinski definition) is 4. The molecule has 1 aromatic rings. The minimum atomic E-state index is -3.77. The molecule has 2 atom stereocenters. The molecule has 2 rings (SSSR count). The maximum absolute atomic E-state index is 13.0. The van der Waals surface area contributed by atoms with Gasteiger partial charge in [0.25, 0.3) is 0 Å². The first kappa shape index (κ1) is 16.2. The summed E-state index contributed by atoms with van der Waals surface area (Å²) < 4.78 is 46.0. The molecule has 1 aliphatic rings. The van der Waals surface area contributed by atoms with Crippen LogP contribution in [-0.4, -0.2) is 27.2 Å². The van der Waals surface area contributed by atoms with Crippen LogP contribution in [0.4, 0.5) is 10.1 Å². The number of sulfonamides is 1. The second-order valence-corrected chi connectivity index (χ2v) is 7.54. The quantitative estimate of drug-likeness (QED) is 0.813. The summed E-state index contributed by atoms with van der Waals surface area (Å²) in [4.78, 5) is -0.0976. The maximum atomic E-state index is 13.0. The molecule has 1 aromatic carbocycles. The van der Waals surface area contributed by atoms with E-state index >= 15 is 0 Å². The zero-order valence-corrected chi connectivity index (χ0v) is 13.2. The third-order valence-electron chi connectivity index (χ3n) is 4.10.